The average Bonchev–Trinajstić information content (AvgIpc) is 1.60. The number of piperidine rings is 2. The number of aromatic nitrogens is 12. The van der Waals surface area contributed by atoms with Gasteiger partial charge in [-0.3, -0.25) is 22.8 Å². The van der Waals surface area contributed by atoms with Crippen molar-refractivity contribution in [2.24, 2.45) is 5.92 Å². The van der Waals surface area contributed by atoms with Crippen LogP contribution in [0.4, 0.5) is 30.6 Å². The maximum absolute atomic E-state index is 12.9. The van der Waals surface area contributed by atoms with E-state index in [1.165, 1.54) is 52.8 Å². The number of nitrogens with zero attached hydrogens (tertiary/aromatic N) is 11. The monoisotopic (exact) mass is 1430 g/mol. The maximum Gasteiger partial charge on any atom is 0.573 e. The molecule has 3 aromatic carbocycles. The number of para-hydroxylation sites is 3. The van der Waals surface area contributed by atoms with Gasteiger partial charge in [-0.1, -0.05) is 54.1 Å². The van der Waals surface area contributed by atoms with E-state index >= 15 is 0 Å². The number of benzene rings is 3. The van der Waals surface area contributed by atoms with E-state index in [1.54, 1.807) is 48.3 Å². The molecular weight excluding hydrogens is 1360 g/mol. The number of amides is 2. The second-order valence-electron chi connectivity index (χ2n) is 27.5. The van der Waals surface area contributed by atoms with Crippen molar-refractivity contribution < 1.29 is 32.6 Å². The number of aromatic amines is 3. The van der Waals surface area contributed by atoms with Crippen LogP contribution < -0.4 is 21.9 Å². The number of nitrogens with one attached hydrogen (secondary N) is 3. The number of rotatable bonds is 11. The van der Waals surface area contributed by atoms with Crippen LogP contribution in [-0.4, -0.2) is 123 Å². The summed E-state index contributed by atoms with van der Waals surface area (Å²) in [5, 5.41) is 21.5. The van der Waals surface area contributed by atoms with Gasteiger partial charge in [-0.05, 0) is 149 Å². The highest BCUT2D eigenvalue weighted by Gasteiger charge is 2.37. The number of alkyl halides is 3. The topological polar surface area (TPSA) is 286 Å². The Bertz CT molecular complexity index is 5450. The molecule has 0 radical (unpaired) electrons. The number of hydrogen-bond donors (Lipinski definition) is 7. The number of H-pyrrole nitrogens is 3. The summed E-state index contributed by atoms with van der Waals surface area (Å²) in [7, 11) is 0. The van der Waals surface area contributed by atoms with E-state index in [9.17, 15) is 27.9 Å². The number of thiophene rings is 2. The number of imidazole rings is 3. The number of halogens is 4. The lowest BCUT2D eigenvalue weighted by Gasteiger charge is -2.35. The molecule has 2 aliphatic carbocycles. The number of fused-ring (bicyclic) bond motifs is 6. The van der Waals surface area contributed by atoms with E-state index in [0.717, 1.165) is 119 Å². The Labute approximate surface area is 595 Å². The Balaban J connectivity index is 0.000000119. The quantitative estimate of drug-likeness (QED) is 0.0635. The predicted octanol–water partition coefficient (Wildman–Crippen LogP) is 16.0. The minimum Gasteiger partial charge on any atom is -0.404 e. The van der Waals surface area contributed by atoms with Crippen LogP contribution in [0.5, 0.6) is 5.75 Å². The van der Waals surface area contributed by atoms with E-state index in [2.05, 4.69) is 73.8 Å². The number of likely N-dealkylation sites (tertiary alicyclic amines) is 2. The molecule has 4 aliphatic rings. The first-order valence-corrected chi connectivity index (χ1v) is 36.5. The Morgan fingerprint density at radius 3 is 1.36 bits per heavy atom. The molecule has 2 saturated carbocycles. The molecule has 0 unspecified atom stereocenters. The first-order valence-electron chi connectivity index (χ1n) is 34.3. The molecule has 27 heteroatoms. The molecule has 2 saturated heterocycles. The SMILES string of the molecule is CC(C)(O)C1CCC(c2nc(-c3cc4cccc(Cl)c4[nH]3)c3c(N)nccn23)CC1.Nc1nccn2c(C3CCN(C(=O)c4ccsc4)CC3)nc(-c3cc4cccc(C5CC5)c4[nH]3)c12.Nc1nccn2c(C3CCN(C(=O)c4ccsc4)CC3)nc(-c3cc4cccc(OC(F)(F)F)c4[nH]3)c12. The highest BCUT2D eigenvalue weighted by molar-refractivity contribution is 7.08. The lowest BCUT2D eigenvalue weighted by molar-refractivity contribution is -0.274. The van der Waals surface area contributed by atoms with Gasteiger partial charge >= 0.3 is 6.36 Å². The zero-order valence-corrected chi connectivity index (χ0v) is 58.2. The Hall–Kier alpha value is -10.3. The van der Waals surface area contributed by atoms with Crippen LogP contribution in [0.15, 0.2) is 144 Å². The van der Waals surface area contributed by atoms with Gasteiger partial charge in [0, 0.05) is 114 Å². The summed E-state index contributed by atoms with van der Waals surface area (Å²) in [6.07, 6.45) is 15.6. The molecule has 21 nitrogen and oxygen atoms in total. The first-order chi connectivity index (χ1) is 49.3. The molecule has 4 fully saturated rings. The van der Waals surface area contributed by atoms with Crippen molar-refractivity contribution in [2.75, 3.05) is 43.4 Å². The Morgan fingerprint density at radius 2 is 0.941 bits per heavy atom. The molecule has 0 spiro atoms. The van der Waals surface area contributed by atoms with Crippen molar-refractivity contribution in [3.63, 3.8) is 0 Å². The molecule has 11 aromatic heterocycles. The second kappa shape index (κ2) is 26.6. The summed E-state index contributed by atoms with van der Waals surface area (Å²) in [6, 6.07) is 26.5. The van der Waals surface area contributed by atoms with Gasteiger partial charge in [-0.2, -0.15) is 22.7 Å². The number of nitrogen functional groups attached to an aromatic ring is 3. The van der Waals surface area contributed by atoms with Crippen LogP contribution in [0.2, 0.25) is 5.02 Å². The molecule has 0 atom stereocenters. The zero-order chi connectivity index (χ0) is 70.3. The molecule has 522 valence electrons. The standard InChI is InChI=1S/C27H26N6OS.C25H21F3N6O2S.C23H26ClN5O/c28-25-24-23(21-14-18-2-1-3-20(16-4-5-16)22(18)30-21)31-26(33(24)12-9-29-25)17-6-10-32(11-7-17)27(34)19-8-13-35-15-19;26-25(27,28)36-18-3-1-2-15-12-17(31-19(15)18)20-21-22(29)30-7-10-34(21)23(32-20)14-4-8-33(9-5-14)24(35)16-6-11-37-13-16;1-23(2,30)15-8-6-13(7-9-15)22-28-19(20-21(25)26-10-11-29(20)22)17-12-14-4-3-5-16(24)18(14)27-17/h1-3,8-9,12-17,30H,4-7,10-11H2,(H2,28,29);1-3,6-7,10-14,31H,4-5,8-9H2,(H2,29,30);3-5,10-13,15,27,30H,6-9H2,1-2H3,(H2,25,26). The molecule has 18 rings (SSSR count). The molecule has 102 heavy (non-hydrogen) atoms. The van der Waals surface area contributed by atoms with Gasteiger partial charge in [-0.15, -0.1) is 13.2 Å². The zero-order valence-electron chi connectivity index (χ0n) is 55.8. The molecule has 2 aliphatic heterocycles. The highest BCUT2D eigenvalue weighted by atomic mass is 35.5. The number of carbonyl (C=O) groups is 2. The summed E-state index contributed by atoms with van der Waals surface area (Å²) < 4.78 is 49.1. The van der Waals surface area contributed by atoms with E-state index in [4.69, 9.17) is 43.8 Å². The van der Waals surface area contributed by atoms with Crippen LogP contribution in [0.25, 0.3) is 83.4 Å². The van der Waals surface area contributed by atoms with Crippen molar-refractivity contribution in [2.45, 2.75) is 114 Å². The van der Waals surface area contributed by atoms with Gasteiger partial charge in [0.1, 0.15) is 68.6 Å². The Kier molecular flexibility index (Phi) is 17.3. The largest absolute Gasteiger partial charge is 0.573 e. The van der Waals surface area contributed by atoms with E-state index in [1.807, 2.05) is 92.3 Å². The molecular formula is C75H73ClF3N17O4S2. The number of anilines is 3. The first kappa shape index (κ1) is 66.3. The fourth-order valence-electron chi connectivity index (χ4n) is 15.3. The summed E-state index contributed by atoms with van der Waals surface area (Å²) in [5.74, 6) is 5.39. The van der Waals surface area contributed by atoms with Gasteiger partial charge in [-0.25, -0.2) is 29.9 Å². The van der Waals surface area contributed by atoms with Gasteiger partial charge in [0.15, 0.2) is 5.75 Å². The average molecular weight is 1430 g/mol. The molecule has 10 N–H and O–H groups in total. The fourth-order valence-corrected chi connectivity index (χ4v) is 16.8. The lowest BCUT2D eigenvalue weighted by Crippen LogP contribution is -2.38. The minimum absolute atomic E-state index is 0.0248. The van der Waals surface area contributed by atoms with Crippen molar-refractivity contribution in [3.05, 3.63) is 183 Å². The van der Waals surface area contributed by atoms with E-state index in [0.29, 0.717) is 88.2 Å². The number of aliphatic hydroxyl groups is 1. The second-order valence-corrected chi connectivity index (χ2v) is 29.5. The summed E-state index contributed by atoms with van der Waals surface area (Å²) in [4.78, 5) is 67.5. The van der Waals surface area contributed by atoms with Crippen molar-refractivity contribution in [1.29, 1.82) is 0 Å². The third kappa shape index (κ3) is 12.7. The number of ether oxygens (including phenoxy) is 1. The van der Waals surface area contributed by atoms with Crippen molar-refractivity contribution in [3.8, 4) is 39.9 Å². The smallest absolute Gasteiger partial charge is 0.404 e. The molecule has 13 heterocycles. The van der Waals surface area contributed by atoms with Gasteiger partial charge in [0.05, 0.1) is 49.9 Å². The van der Waals surface area contributed by atoms with Crippen LogP contribution in [0.1, 0.15) is 145 Å². The third-order valence-corrected chi connectivity index (χ3v) is 22.4. The van der Waals surface area contributed by atoms with E-state index < -0.39 is 12.0 Å². The number of hydrogen-bond acceptors (Lipinski definition) is 15. The predicted molar refractivity (Wildman–Crippen MR) is 393 cm³/mol. The number of carbonyl (C=O) groups excluding carboxylic acids is 2. The van der Waals surface area contributed by atoms with Gasteiger partial charge < -0.3 is 51.8 Å². The normalized spacial score (nSPS) is 17.2. The van der Waals surface area contributed by atoms with Gasteiger partial charge in [0.2, 0.25) is 0 Å². The van der Waals surface area contributed by atoms with Crippen LogP contribution in [-0.2, 0) is 0 Å². The lowest BCUT2D eigenvalue weighted by atomic mass is 9.74. The molecule has 0 bridgehead atoms. The molecule has 14 aromatic rings. The highest BCUT2D eigenvalue weighted by Crippen LogP contribution is 2.46. The molecule has 2 amide bonds. The van der Waals surface area contributed by atoms with Crippen molar-refractivity contribution >= 4 is 113 Å². The fraction of sp³-hybridized carbons (Fsp3) is 0.307. The maximum atomic E-state index is 12.9. The summed E-state index contributed by atoms with van der Waals surface area (Å²) in [5.41, 5.74) is 30.2. The third-order valence-electron chi connectivity index (χ3n) is 20.7. The number of nitrogens with two attached hydrogens (primary N) is 3. The van der Waals surface area contributed by atoms with Crippen LogP contribution in [0.3, 0.4) is 0 Å². The van der Waals surface area contributed by atoms with Crippen molar-refractivity contribution in [1.82, 2.24) is 67.9 Å². The van der Waals surface area contributed by atoms with Gasteiger partial charge in [0.25, 0.3) is 11.8 Å². The Morgan fingerprint density at radius 1 is 0.539 bits per heavy atom. The summed E-state index contributed by atoms with van der Waals surface area (Å²) in [6.45, 7) is 6.45. The van der Waals surface area contributed by atoms with Crippen LogP contribution in [0, 0.1) is 5.92 Å². The minimum atomic E-state index is -4.82. The summed E-state index contributed by atoms with van der Waals surface area (Å²) >= 11 is 9.42. The van der Waals surface area contributed by atoms with E-state index in [-0.39, 0.29) is 40.7 Å². The van der Waals surface area contributed by atoms with Crippen LogP contribution >= 0.6 is 34.3 Å².